The van der Waals surface area contributed by atoms with Gasteiger partial charge in [-0.2, -0.15) is 0 Å². The quantitative estimate of drug-likeness (QED) is 0.561. The Morgan fingerprint density at radius 2 is 1.77 bits per heavy atom. The Morgan fingerprint density at radius 1 is 1.03 bits per heavy atom. The molecule has 1 heterocycles. The summed E-state index contributed by atoms with van der Waals surface area (Å²) in [7, 11) is 1.67. The van der Waals surface area contributed by atoms with Gasteiger partial charge in [-0.1, -0.05) is 78.0 Å². The Bertz CT molecular complexity index is 992. The van der Waals surface area contributed by atoms with Crippen LogP contribution in [0.1, 0.15) is 29.2 Å². The summed E-state index contributed by atoms with van der Waals surface area (Å²) in [5.41, 5.74) is 4.10. The first-order chi connectivity index (χ1) is 15.2. The summed E-state index contributed by atoms with van der Waals surface area (Å²) in [4.78, 5) is 7.98. The van der Waals surface area contributed by atoms with E-state index in [1.54, 1.807) is 7.11 Å². The third-order valence-corrected chi connectivity index (χ3v) is 5.46. The maximum atomic E-state index is 10.8. The monoisotopic (exact) mass is 416 g/mol. The molecule has 1 aliphatic rings. The van der Waals surface area contributed by atoms with Crippen molar-refractivity contribution in [1.82, 2.24) is 4.90 Å². The molecule has 4 rings (SSSR count). The van der Waals surface area contributed by atoms with Crippen LogP contribution < -0.4 is 4.74 Å². The molecule has 31 heavy (non-hydrogen) atoms. The summed E-state index contributed by atoms with van der Waals surface area (Å²) >= 11 is 0. The van der Waals surface area contributed by atoms with E-state index in [1.165, 1.54) is 0 Å². The van der Waals surface area contributed by atoms with E-state index in [4.69, 9.17) is 9.57 Å². The third kappa shape index (κ3) is 5.72. The minimum atomic E-state index is -0.581. The molecule has 0 aromatic heterocycles. The van der Waals surface area contributed by atoms with Gasteiger partial charge in [0.05, 0.1) is 18.9 Å². The number of aliphatic hydroxyl groups is 1. The second kappa shape index (κ2) is 10.2. The van der Waals surface area contributed by atoms with Crippen molar-refractivity contribution in [3.8, 4) is 5.75 Å². The number of benzene rings is 3. The summed E-state index contributed by atoms with van der Waals surface area (Å²) in [5.74, 6) is 0.827. The van der Waals surface area contributed by atoms with E-state index in [0.29, 0.717) is 19.6 Å². The van der Waals surface area contributed by atoms with Crippen LogP contribution in [-0.4, -0.2) is 42.0 Å². The van der Waals surface area contributed by atoms with Crippen molar-refractivity contribution >= 4 is 5.71 Å². The average Bonchev–Trinajstić information content (AvgIpc) is 3.29. The number of methoxy groups -OCH3 is 1. The van der Waals surface area contributed by atoms with Crippen LogP contribution in [0.5, 0.6) is 5.75 Å². The summed E-state index contributed by atoms with van der Waals surface area (Å²) in [6, 6.07) is 27.9. The first-order valence-electron chi connectivity index (χ1n) is 10.6. The highest BCUT2D eigenvalue weighted by Crippen LogP contribution is 2.22. The molecule has 1 N–H and O–H groups in total. The van der Waals surface area contributed by atoms with Crippen molar-refractivity contribution in [2.24, 2.45) is 5.16 Å². The lowest BCUT2D eigenvalue weighted by atomic mass is 10.0. The van der Waals surface area contributed by atoms with Gasteiger partial charge in [0.15, 0.2) is 0 Å². The van der Waals surface area contributed by atoms with Gasteiger partial charge in [0.25, 0.3) is 0 Å². The molecule has 0 fully saturated rings. The fourth-order valence-corrected chi connectivity index (χ4v) is 3.87. The molecular weight excluding hydrogens is 388 g/mol. The minimum absolute atomic E-state index is 0.0520. The van der Waals surface area contributed by atoms with Crippen LogP contribution in [0.2, 0.25) is 0 Å². The van der Waals surface area contributed by atoms with Gasteiger partial charge < -0.3 is 14.7 Å². The maximum absolute atomic E-state index is 10.8. The zero-order chi connectivity index (χ0) is 21.5. The Labute approximate surface area is 183 Å². The van der Waals surface area contributed by atoms with Crippen LogP contribution in [-0.2, 0) is 11.4 Å². The SMILES string of the molecule is COc1cccc(CN(C[C@H]2CC(c3ccccc3)=NO2)C[C@@H](O)c2ccccc2)c1. The Morgan fingerprint density at radius 3 is 2.52 bits per heavy atom. The highest BCUT2D eigenvalue weighted by atomic mass is 16.6. The molecule has 0 radical (unpaired) electrons. The number of hydrogen-bond acceptors (Lipinski definition) is 5. The highest BCUT2D eigenvalue weighted by Gasteiger charge is 2.26. The molecule has 0 bridgehead atoms. The van der Waals surface area contributed by atoms with E-state index < -0.39 is 6.10 Å². The number of nitrogens with zero attached hydrogens (tertiary/aromatic N) is 2. The summed E-state index contributed by atoms with van der Waals surface area (Å²) in [5, 5.41) is 15.2. The molecule has 3 aromatic rings. The second-order valence-electron chi connectivity index (χ2n) is 7.81. The predicted molar refractivity (Wildman–Crippen MR) is 122 cm³/mol. The molecule has 5 heteroatoms. The maximum Gasteiger partial charge on any atom is 0.145 e. The standard InChI is InChI=1S/C26H28N2O3/c1-30-23-14-8-9-20(15-23)17-28(19-26(29)22-12-6-3-7-13-22)18-24-16-25(27-31-24)21-10-4-2-5-11-21/h2-15,24,26,29H,16-19H2,1H3/t24-,26-/m1/s1. The number of aliphatic hydroxyl groups excluding tert-OH is 1. The van der Waals surface area contributed by atoms with Gasteiger partial charge in [0, 0.05) is 26.1 Å². The summed E-state index contributed by atoms with van der Waals surface area (Å²) < 4.78 is 5.37. The lowest BCUT2D eigenvalue weighted by Gasteiger charge is -2.27. The second-order valence-corrected chi connectivity index (χ2v) is 7.81. The zero-order valence-electron chi connectivity index (χ0n) is 17.7. The van der Waals surface area contributed by atoms with Crippen LogP contribution in [0.3, 0.4) is 0 Å². The largest absolute Gasteiger partial charge is 0.497 e. The van der Waals surface area contributed by atoms with E-state index in [-0.39, 0.29) is 6.10 Å². The number of rotatable bonds is 9. The third-order valence-electron chi connectivity index (χ3n) is 5.46. The van der Waals surface area contributed by atoms with Gasteiger partial charge in [-0.15, -0.1) is 0 Å². The van der Waals surface area contributed by atoms with Gasteiger partial charge in [-0.3, -0.25) is 4.90 Å². The Kier molecular flexibility index (Phi) is 6.97. The zero-order valence-corrected chi connectivity index (χ0v) is 17.7. The normalized spacial score (nSPS) is 16.6. The topological polar surface area (TPSA) is 54.3 Å². The molecule has 0 saturated carbocycles. The molecule has 0 amide bonds. The van der Waals surface area contributed by atoms with Crippen LogP contribution in [0.15, 0.2) is 90.1 Å². The molecule has 5 nitrogen and oxygen atoms in total. The van der Waals surface area contributed by atoms with E-state index in [2.05, 4.69) is 28.3 Å². The van der Waals surface area contributed by atoms with Crippen molar-refractivity contribution in [1.29, 1.82) is 0 Å². The lowest BCUT2D eigenvalue weighted by molar-refractivity contribution is 0.0318. The van der Waals surface area contributed by atoms with Gasteiger partial charge in [0.2, 0.25) is 0 Å². The van der Waals surface area contributed by atoms with Gasteiger partial charge in [-0.05, 0) is 28.8 Å². The fraction of sp³-hybridized carbons (Fsp3) is 0.269. The van der Waals surface area contributed by atoms with Crippen LogP contribution in [0.4, 0.5) is 0 Å². The molecule has 160 valence electrons. The Hall–Kier alpha value is -3.15. The van der Waals surface area contributed by atoms with Crippen molar-refractivity contribution in [3.63, 3.8) is 0 Å². The lowest BCUT2D eigenvalue weighted by Crippen LogP contribution is -2.35. The minimum Gasteiger partial charge on any atom is -0.497 e. The highest BCUT2D eigenvalue weighted by molar-refractivity contribution is 6.01. The van der Waals surface area contributed by atoms with E-state index in [9.17, 15) is 5.11 Å². The van der Waals surface area contributed by atoms with Gasteiger partial charge in [0.1, 0.15) is 11.9 Å². The van der Waals surface area contributed by atoms with Crippen molar-refractivity contribution in [2.75, 3.05) is 20.2 Å². The van der Waals surface area contributed by atoms with Crippen molar-refractivity contribution < 1.29 is 14.7 Å². The summed E-state index contributed by atoms with van der Waals surface area (Å²) in [6.45, 7) is 1.85. The van der Waals surface area contributed by atoms with E-state index in [0.717, 1.165) is 34.6 Å². The smallest absolute Gasteiger partial charge is 0.145 e. The van der Waals surface area contributed by atoms with Gasteiger partial charge >= 0.3 is 0 Å². The number of oxime groups is 1. The van der Waals surface area contributed by atoms with Gasteiger partial charge in [-0.25, -0.2) is 0 Å². The molecule has 0 saturated heterocycles. The van der Waals surface area contributed by atoms with Crippen LogP contribution in [0.25, 0.3) is 0 Å². The molecule has 0 aliphatic carbocycles. The molecular formula is C26H28N2O3. The van der Waals surface area contributed by atoms with Crippen molar-refractivity contribution in [3.05, 3.63) is 102 Å². The van der Waals surface area contributed by atoms with E-state index >= 15 is 0 Å². The number of ether oxygens (including phenoxy) is 1. The number of hydrogen-bond donors (Lipinski definition) is 1. The first kappa shape index (κ1) is 21.1. The summed E-state index contributed by atoms with van der Waals surface area (Å²) in [6.07, 6.45) is 0.117. The first-order valence-corrected chi connectivity index (χ1v) is 10.6. The average molecular weight is 417 g/mol. The Balaban J connectivity index is 1.45. The molecule has 2 atom stereocenters. The van der Waals surface area contributed by atoms with E-state index in [1.807, 2.05) is 66.7 Å². The molecule has 0 spiro atoms. The van der Waals surface area contributed by atoms with Crippen LogP contribution in [0, 0.1) is 0 Å². The van der Waals surface area contributed by atoms with Crippen molar-refractivity contribution in [2.45, 2.75) is 25.2 Å². The predicted octanol–water partition coefficient (Wildman–Crippen LogP) is 4.42. The molecule has 0 unspecified atom stereocenters. The van der Waals surface area contributed by atoms with Crippen LogP contribution >= 0.6 is 0 Å². The molecule has 1 aliphatic heterocycles. The molecule has 3 aromatic carbocycles. The fourth-order valence-electron chi connectivity index (χ4n) is 3.87.